The van der Waals surface area contributed by atoms with Crippen molar-refractivity contribution in [2.45, 2.75) is 87.5 Å². The minimum Gasteiger partial charge on any atom is -0.496 e. The van der Waals surface area contributed by atoms with Crippen LogP contribution in [0, 0.1) is 11.3 Å². The number of esters is 3. The summed E-state index contributed by atoms with van der Waals surface area (Å²) in [6, 6.07) is 17.9. The molecule has 1 saturated carbocycles. The Morgan fingerprint density at radius 1 is 1.00 bits per heavy atom. The maximum absolute atomic E-state index is 15.4. The van der Waals surface area contributed by atoms with Gasteiger partial charge >= 0.3 is 17.9 Å². The number of hydrogen-bond acceptors (Lipinski definition) is 11. The number of ether oxygens (including phenoxy) is 4. The molecule has 13 heteroatoms. The fraction of sp³-hybridized carbons (Fsp3) is 0.481. The summed E-state index contributed by atoms with van der Waals surface area (Å²) in [5, 5.41) is 15.4. The van der Waals surface area contributed by atoms with E-state index in [1.54, 1.807) is 31.4 Å². The molecule has 10 rings (SSSR count). The lowest BCUT2D eigenvalue weighted by molar-refractivity contribution is -0.228. The van der Waals surface area contributed by atoms with Crippen molar-refractivity contribution in [1.29, 1.82) is 0 Å². The zero-order valence-corrected chi connectivity index (χ0v) is 38.9. The van der Waals surface area contributed by atoms with Gasteiger partial charge < -0.3 is 33.9 Å². The second-order valence-electron chi connectivity index (χ2n) is 19.3. The van der Waals surface area contributed by atoms with Crippen molar-refractivity contribution in [3.63, 3.8) is 0 Å². The van der Waals surface area contributed by atoms with Crippen molar-refractivity contribution in [3.05, 3.63) is 117 Å². The second-order valence-corrected chi connectivity index (χ2v) is 19.7. The van der Waals surface area contributed by atoms with Gasteiger partial charge in [-0.05, 0) is 92.1 Å². The molecular weight excluding hydrogens is 844 g/mol. The van der Waals surface area contributed by atoms with E-state index in [9.17, 15) is 14.7 Å². The van der Waals surface area contributed by atoms with Crippen molar-refractivity contribution in [2.75, 3.05) is 65.5 Å². The highest BCUT2D eigenvalue weighted by Gasteiger charge is 2.78. The highest BCUT2D eigenvalue weighted by atomic mass is 35.5. The lowest BCUT2D eigenvalue weighted by Crippen LogP contribution is -2.80. The molecule has 0 radical (unpaired) electrons. The Hall–Kier alpha value is -5.14. The average Bonchev–Trinajstić information content (AvgIpc) is 3.97. The molecule has 65 heavy (non-hydrogen) atoms. The molecular formula is C52H59ClN4O8. The summed E-state index contributed by atoms with van der Waals surface area (Å²) in [5.41, 5.74) is 1.93. The van der Waals surface area contributed by atoms with Gasteiger partial charge in [0.2, 0.25) is 0 Å². The average molecular weight is 904 g/mol. The van der Waals surface area contributed by atoms with E-state index in [4.69, 9.17) is 30.5 Å². The molecule has 4 aromatic rings. The highest BCUT2D eigenvalue weighted by molar-refractivity contribution is 6.30. The summed E-state index contributed by atoms with van der Waals surface area (Å²) in [4.78, 5) is 53.5. The standard InChI is InChI=1S/C52H59ClN4O8/c1-7-32-24-33-27-51(48(60)63-6,43-37(18-22-56(28-32)29-33)36-12-9-10-13-40(36)54-43)39-25-38-41(26-42(39)62-5)55(4)46-50(38)20-23-57-21-11-19-49(8-2,45(50)57)47(65-31(3)58)52(46,61)30-64-44(59)34-14-16-35(53)17-15-34/h9-17,19,24-26,33,45-47,54,61H,7-8,18,20-23,27-30H2,1-6H3/t33-,45-,46+,47+,49+,50+,51-,52-/m0/s1. The van der Waals surface area contributed by atoms with Crippen LogP contribution in [0.25, 0.3) is 10.9 Å². The molecule has 3 aromatic carbocycles. The zero-order valence-electron chi connectivity index (χ0n) is 38.1. The van der Waals surface area contributed by atoms with Gasteiger partial charge in [0.15, 0.2) is 5.60 Å². The van der Waals surface area contributed by atoms with Crippen LogP contribution in [0.15, 0.2) is 84.5 Å². The Balaban J connectivity index is 1.23. The van der Waals surface area contributed by atoms with Crippen molar-refractivity contribution >= 4 is 46.1 Å². The van der Waals surface area contributed by atoms with Gasteiger partial charge in [-0.1, -0.05) is 67.4 Å². The lowest BCUT2D eigenvalue weighted by Gasteiger charge is -2.64. The van der Waals surface area contributed by atoms with Crippen LogP contribution >= 0.6 is 11.6 Å². The van der Waals surface area contributed by atoms with Crippen LogP contribution in [0.1, 0.15) is 79.2 Å². The number of aromatic nitrogens is 1. The molecule has 342 valence electrons. The Morgan fingerprint density at radius 2 is 1.78 bits per heavy atom. The number of carbonyl (C=O) groups is 3. The van der Waals surface area contributed by atoms with Gasteiger partial charge in [-0.3, -0.25) is 19.4 Å². The Labute approximate surface area is 385 Å². The number of H-pyrrole nitrogens is 1. The molecule has 1 saturated heterocycles. The van der Waals surface area contributed by atoms with Gasteiger partial charge in [0.05, 0.1) is 25.8 Å². The van der Waals surface area contributed by atoms with E-state index >= 15 is 4.79 Å². The first-order valence-electron chi connectivity index (χ1n) is 23.1. The molecule has 1 unspecified atom stereocenters. The summed E-state index contributed by atoms with van der Waals surface area (Å²) >= 11 is 6.18. The lowest BCUT2D eigenvalue weighted by atomic mass is 9.47. The summed E-state index contributed by atoms with van der Waals surface area (Å²) in [6.07, 6.45) is 8.75. The van der Waals surface area contributed by atoms with Gasteiger partial charge in [-0.2, -0.15) is 0 Å². The third kappa shape index (κ3) is 6.30. The molecule has 5 aliphatic heterocycles. The monoisotopic (exact) mass is 902 g/mol. The van der Waals surface area contributed by atoms with E-state index in [0.29, 0.717) is 48.7 Å². The largest absolute Gasteiger partial charge is 0.496 e. The van der Waals surface area contributed by atoms with Crippen LogP contribution in [0.3, 0.4) is 0 Å². The molecule has 1 aromatic heterocycles. The molecule has 1 aliphatic carbocycles. The fourth-order valence-corrected chi connectivity index (χ4v) is 13.9. The smallest absolute Gasteiger partial charge is 0.338 e. The second kappa shape index (κ2) is 16.0. The molecule has 9 atom stereocenters. The number of likely N-dealkylation sites (N-methyl/N-ethyl adjacent to an activating group) is 1. The number of rotatable bonds is 9. The van der Waals surface area contributed by atoms with Crippen LogP contribution in [0.4, 0.5) is 5.69 Å². The van der Waals surface area contributed by atoms with Crippen LogP contribution in [0.5, 0.6) is 5.75 Å². The number of hydrogen-bond donors (Lipinski definition) is 2. The van der Waals surface area contributed by atoms with Crippen LogP contribution in [-0.4, -0.2) is 122 Å². The quantitative estimate of drug-likeness (QED) is 0.101. The van der Waals surface area contributed by atoms with E-state index < -0.39 is 52.5 Å². The van der Waals surface area contributed by atoms with Gasteiger partial charge in [0.1, 0.15) is 23.9 Å². The summed E-state index contributed by atoms with van der Waals surface area (Å²) in [7, 11) is 5.07. The van der Waals surface area contributed by atoms with Crippen molar-refractivity contribution in [1.82, 2.24) is 14.8 Å². The number of methoxy groups -OCH3 is 2. The van der Waals surface area contributed by atoms with Crippen molar-refractivity contribution in [2.24, 2.45) is 11.3 Å². The highest BCUT2D eigenvalue weighted by Crippen LogP contribution is 2.68. The number of nitrogens with zero attached hydrogens (tertiary/aromatic N) is 3. The van der Waals surface area contributed by atoms with Gasteiger partial charge in [0, 0.05) is 96.0 Å². The first-order valence-corrected chi connectivity index (χ1v) is 23.5. The topological polar surface area (TPSA) is 134 Å². The van der Waals surface area contributed by atoms with E-state index in [-0.39, 0.29) is 23.5 Å². The van der Waals surface area contributed by atoms with E-state index in [0.717, 1.165) is 65.9 Å². The summed E-state index contributed by atoms with van der Waals surface area (Å²) in [5.74, 6) is -1.03. The Morgan fingerprint density at radius 3 is 2.51 bits per heavy atom. The summed E-state index contributed by atoms with van der Waals surface area (Å²) < 4.78 is 25.0. The third-order valence-corrected chi connectivity index (χ3v) is 16.4. The molecule has 2 bridgehead atoms. The molecule has 6 aliphatic rings. The number of halogens is 1. The predicted molar refractivity (Wildman–Crippen MR) is 249 cm³/mol. The molecule has 1 spiro atoms. The van der Waals surface area contributed by atoms with E-state index in [1.165, 1.54) is 19.6 Å². The minimum atomic E-state index is -1.94. The third-order valence-electron chi connectivity index (χ3n) is 16.2. The number of aliphatic hydroxyl groups is 1. The first-order chi connectivity index (χ1) is 31.3. The number of fused-ring (bicyclic) bond motifs is 6. The van der Waals surface area contributed by atoms with Crippen LogP contribution < -0.4 is 9.64 Å². The van der Waals surface area contributed by atoms with Gasteiger partial charge in [-0.25, -0.2) is 4.79 Å². The molecule has 2 fully saturated rings. The number of para-hydroxylation sites is 1. The minimum absolute atomic E-state index is 0.0134. The maximum atomic E-state index is 15.4. The normalized spacial score (nSPS) is 32.2. The number of nitrogens with one attached hydrogen (secondary N) is 1. The molecule has 0 amide bonds. The molecule has 2 N–H and O–H groups in total. The van der Waals surface area contributed by atoms with E-state index in [2.05, 4.69) is 70.0 Å². The van der Waals surface area contributed by atoms with Gasteiger partial charge in [-0.15, -0.1) is 0 Å². The number of carbonyl (C=O) groups excluding carboxylic acids is 3. The Kier molecular flexibility index (Phi) is 10.8. The SMILES string of the molecule is CCC1=C[C@@H]2CN(CCc3c([nH]c4ccccc34)[C@@](C(=O)OC)(c3cc4c(cc3OC)N(C)[C@H]3[C@@](O)(COC(=O)c5ccc(Cl)cc5)[C@H](OC(C)=O)[C@]5(CC)C=CCN6CC[C@]43[C@@H]65)C2)C1. The zero-order chi connectivity index (χ0) is 45.6. The molecule has 12 nitrogen and oxygen atoms in total. The first kappa shape index (κ1) is 43.7. The fourth-order valence-electron chi connectivity index (χ4n) is 13.8. The van der Waals surface area contributed by atoms with Crippen LogP contribution in [-0.2, 0) is 41.1 Å². The van der Waals surface area contributed by atoms with Gasteiger partial charge in [0.25, 0.3) is 0 Å². The maximum Gasteiger partial charge on any atom is 0.338 e. The summed E-state index contributed by atoms with van der Waals surface area (Å²) in [6.45, 7) is 9.08. The number of benzene rings is 3. The predicted octanol–water partition coefficient (Wildman–Crippen LogP) is 7.13. The van der Waals surface area contributed by atoms with Crippen molar-refractivity contribution < 1.29 is 38.4 Å². The van der Waals surface area contributed by atoms with E-state index in [1.807, 2.05) is 25.2 Å². The number of aromatic amines is 1. The van der Waals surface area contributed by atoms with Crippen LogP contribution in [0.2, 0.25) is 5.02 Å². The molecule has 6 heterocycles. The van der Waals surface area contributed by atoms with Crippen molar-refractivity contribution in [3.8, 4) is 5.75 Å². The number of anilines is 1. The Bertz CT molecular complexity index is 2640.